The Kier molecular flexibility index (Phi) is 3.70. The van der Waals surface area contributed by atoms with E-state index < -0.39 is 0 Å². The third-order valence-electron chi connectivity index (χ3n) is 4.64. The first kappa shape index (κ1) is 15.9. The fourth-order valence-electron chi connectivity index (χ4n) is 3.35. The molecular formula is C20H16N4O2. The topological polar surface area (TPSA) is 97.8 Å². The summed E-state index contributed by atoms with van der Waals surface area (Å²) in [6.07, 6.45) is 0. The minimum atomic E-state index is -0.259. The van der Waals surface area contributed by atoms with Gasteiger partial charge in [0.05, 0.1) is 11.6 Å². The number of fused-ring (bicyclic) bond motifs is 3. The van der Waals surface area contributed by atoms with Gasteiger partial charge in [0.25, 0.3) is 11.8 Å². The van der Waals surface area contributed by atoms with E-state index in [1.54, 1.807) is 30.3 Å². The molecule has 2 amide bonds. The second-order valence-corrected chi connectivity index (χ2v) is 6.43. The summed E-state index contributed by atoms with van der Waals surface area (Å²) in [6, 6.07) is 14.2. The lowest BCUT2D eigenvalue weighted by Crippen LogP contribution is -2.33. The normalized spacial score (nSPS) is 15.8. The molecule has 0 radical (unpaired) electrons. The number of nitriles is 1. The molecular weight excluding hydrogens is 328 g/mol. The van der Waals surface area contributed by atoms with E-state index in [-0.39, 0.29) is 17.7 Å². The molecule has 0 saturated carbocycles. The Labute approximate surface area is 149 Å². The Bertz CT molecular complexity index is 1090. The van der Waals surface area contributed by atoms with E-state index in [0.29, 0.717) is 29.1 Å². The van der Waals surface area contributed by atoms with Crippen LogP contribution in [0.1, 0.15) is 44.8 Å². The molecule has 0 aliphatic carbocycles. The van der Waals surface area contributed by atoms with Gasteiger partial charge in [0.15, 0.2) is 0 Å². The number of carbonyl (C=O) groups is 2. The van der Waals surface area contributed by atoms with E-state index in [1.165, 1.54) is 0 Å². The molecule has 1 aliphatic heterocycles. The standard InChI is InChI=1S/C20H16N4O2/c1-11-10-22-20(26)18-17(11)15-8-13(5-6-16(15)24-18)19(25)23-14-4-2-3-12(7-14)9-21/h2-8,11,24H,10H2,1H3,(H,22,26)(H,23,25). The molecule has 2 aromatic carbocycles. The zero-order valence-corrected chi connectivity index (χ0v) is 14.1. The Balaban J connectivity index is 1.71. The number of H-pyrrole nitrogens is 1. The lowest BCUT2D eigenvalue weighted by Gasteiger charge is -2.19. The highest BCUT2D eigenvalue weighted by molar-refractivity contribution is 6.08. The van der Waals surface area contributed by atoms with Gasteiger partial charge < -0.3 is 15.6 Å². The Hall–Kier alpha value is -3.59. The molecule has 1 aliphatic rings. The number of carbonyl (C=O) groups excluding carboxylic acids is 2. The van der Waals surface area contributed by atoms with Crippen LogP contribution in [0.25, 0.3) is 10.9 Å². The third-order valence-corrected chi connectivity index (χ3v) is 4.64. The number of hydrogen-bond donors (Lipinski definition) is 3. The van der Waals surface area contributed by atoms with Gasteiger partial charge in [0, 0.05) is 34.6 Å². The maximum absolute atomic E-state index is 12.6. The molecule has 3 N–H and O–H groups in total. The van der Waals surface area contributed by atoms with Crippen molar-refractivity contribution in [2.24, 2.45) is 0 Å². The smallest absolute Gasteiger partial charge is 0.268 e. The molecule has 1 atom stereocenters. The molecule has 2 heterocycles. The zero-order valence-electron chi connectivity index (χ0n) is 14.1. The second-order valence-electron chi connectivity index (χ2n) is 6.43. The van der Waals surface area contributed by atoms with E-state index in [0.717, 1.165) is 16.5 Å². The number of aromatic amines is 1. The monoisotopic (exact) mass is 344 g/mol. The maximum atomic E-state index is 12.6. The van der Waals surface area contributed by atoms with Gasteiger partial charge in [-0.2, -0.15) is 5.26 Å². The summed E-state index contributed by atoms with van der Waals surface area (Å²) in [5, 5.41) is 15.5. The van der Waals surface area contributed by atoms with Crippen LogP contribution in [0.4, 0.5) is 5.69 Å². The molecule has 0 spiro atoms. The van der Waals surface area contributed by atoms with Gasteiger partial charge in [-0.3, -0.25) is 9.59 Å². The molecule has 6 nitrogen and oxygen atoms in total. The number of nitrogens with zero attached hydrogens (tertiary/aromatic N) is 1. The van der Waals surface area contributed by atoms with Crippen LogP contribution < -0.4 is 10.6 Å². The number of anilines is 1. The molecule has 1 unspecified atom stereocenters. The summed E-state index contributed by atoms with van der Waals surface area (Å²) in [4.78, 5) is 27.8. The number of amides is 2. The molecule has 26 heavy (non-hydrogen) atoms. The quantitative estimate of drug-likeness (QED) is 0.666. The van der Waals surface area contributed by atoms with E-state index >= 15 is 0 Å². The Morgan fingerprint density at radius 3 is 2.92 bits per heavy atom. The van der Waals surface area contributed by atoms with Crippen molar-refractivity contribution < 1.29 is 9.59 Å². The largest absolute Gasteiger partial charge is 0.350 e. The zero-order chi connectivity index (χ0) is 18.3. The fourth-order valence-corrected chi connectivity index (χ4v) is 3.35. The second kappa shape index (κ2) is 6.05. The van der Waals surface area contributed by atoms with E-state index in [9.17, 15) is 9.59 Å². The number of aromatic nitrogens is 1. The predicted molar refractivity (Wildman–Crippen MR) is 98.2 cm³/mol. The maximum Gasteiger partial charge on any atom is 0.268 e. The van der Waals surface area contributed by atoms with Crippen LogP contribution in [0.15, 0.2) is 42.5 Å². The average molecular weight is 344 g/mol. The minimum Gasteiger partial charge on any atom is -0.350 e. The molecule has 0 fully saturated rings. The first-order chi connectivity index (χ1) is 12.6. The number of rotatable bonds is 2. The van der Waals surface area contributed by atoms with Crippen LogP contribution in [0.5, 0.6) is 0 Å². The van der Waals surface area contributed by atoms with Crippen LogP contribution in [-0.2, 0) is 0 Å². The Morgan fingerprint density at radius 1 is 1.27 bits per heavy atom. The number of hydrogen-bond acceptors (Lipinski definition) is 3. The van der Waals surface area contributed by atoms with Crippen molar-refractivity contribution in [3.8, 4) is 6.07 Å². The molecule has 3 aromatic rings. The third kappa shape index (κ3) is 2.60. The fraction of sp³-hybridized carbons (Fsp3) is 0.150. The van der Waals surface area contributed by atoms with Crippen LogP contribution in [0.2, 0.25) is 0 Å². The van der Waals surface area contributed by atoms with Crippen LogP contribution in [-0.4, -0.2) is 23.3 Å². The van der Waals surface area contributed by atoms with Crippen LogP contribution in [0.3, 0.4) is 0 Å². The van der Waals surface area contributed by atoms with Crippen molar-refractivity contribution in [1.82, 2.24) is 10.3 Å². The number of nitrogens with one attached hydrogen (secondary N) is 3. The molecule has 0 saturated heterocycles. The summed E-state index contributed by atoms with van der Waals surface area (Å²) >= 11 is 0. The van der Waals surface area contributed by atoms with Gasteiger partial charge in [-0.15, -0.1) is 0 Å². The lowest BCUT2D eigenvalue weighted by atomic mass is 9.93. The summed E-state index contributed by atoms with van der Waals surface area (Å²) in [6.45, 7) is 2.63. The van der Waals surface area contributed by atoms with Crippen molar-refractivity contribution in [3.63, 3.8) is 0 Å². The lowest BCUT2D eigenvalue weighted by molar-refractivity contribution is 0.0936. The molecule has 6 heteroatoms. The first-order valence-corrected chi connectivity index (χ1v) is 8.32. The van der Waals surface area contributed by atoms with Gasteiger partial charge in [-0.05, 0) is 42.0 Å². The van der Waals surface area contributed by atoms with Gasteiger partial charge in [-0.25, -0.2) is 0 Å². The van der Waals surface area contributed by atoms with Gasteiger partial charge >= 0.3 is 0 Å². The molecule has 1 aromatic heterocycles. The van der Waals surface area contributed by atoms with Gasteiger partial charge in [0.2, 0.25) is 0 Å². The van der Waals surface area contributed by atoms with E-state index in [1.807, 2.05) is 19.1 Å². The molecule has 0 bridgehead atoms. The Morgan fingerprint density at radius 2 is 2.12 bits per heavy atom. The summed E-state index contributed by atoms with van der Waals surface area (Å²) in [7, 11) is 0. The molecule has 4 rings (SSSR count). The summed E-state index contributed by atoms with van der Waals surface area (Å²) in [5.41, 5.74) is 3.90. The highest BCUT2D eigenvalue weighted by atomic mass is 16.2. The summed E-state index contributed by atoms with van der Waals surface area (Å²) in [5.74, 6) is -0.208. The highest BCUT2D eigenvalue weighted by Crippen LogP contribution is 2.32. The van der Waals surface area contributed by atoms with Gasteiger partial charge in [-0.1, -0.05) is 13.0 Å². The van der Waals surface area contributed by atoms with Crippen molar-refractivity contribution in [2.45, 2.75) is 12.8 Å². The van der Waals surface area contributed by atoms with Crippen molar-refractivity contribution in [1.29, 1.82) is 5.26 Å². The van der Waals surface area contributed by atoms with E-state index in [4.69, 9.17) is 5.26 Å². The van der Waals surface area contributed by atoms with Crippen LogP contribution >= 0.6 is 0 Å². The van der Waals surface area contributed by atoms with E-state index in [2.05, 4.69) is 21.7 Å². The van der Waals surface area contributed by atoms with Crippen LogP contribution in [0, 0.1) is 11.3 Å². The number of benzene rings is 2. The average Bonchev–Trinajstić information content (AvgIpc) is 3.05. The van der Waals surface area contributed by atoms with Crippen molar-refractivity contribution in [2.75, 3.05) is 11.9 Å². The summed E-state index contributed by atoms with van der Waals surface area (Å²) < 4.78 is 0. The van der Waals surface area contributed by atoms with Crippen molar-refractivity contribution in [3.05, 3.63) is 64.8 Å². The first-order valence-electron chi connectivity index (χ1n) is 8.32. The minimum absolute atomic E-state index is 0.117. The molecule has 128 valence electrons. The highest BCUT2D eigenvalue weighted by Gasteiger charge is 2.27. The van der Waals surface area contributed by atoms with Gasteiger partial charge in [0.1, 0.15) is 5.69 Å². The predicted octanol–water partition coefficient (Wildman–Crippen LogP) is 3.14. The van der Waals surface area contributed by atoms with Crippen molar-refractivity contribution >= 4 is 28.4 Å². The SMILES string of the molecule is CC1CNC(=O)c2[nH]c3ccc(C(=O)Nc4cccc(C#N)c4)cc3c21.